The number of carbonyl (C=O) groups excluding carboxylic acids is 1. The van der Waals surface area contributed by atoms with Gasteiger partial charge in [-0.3, -0.25) is 4.79 Å². The molecule has 4 saturated carbocycles. The Morgan fingerprint density at radius 1 is 1.07 bits per heavy atom. The van der Waals surface area contributed by atoms with Crippen LogP contribution in [0.3, 0.4) is 0 Å². The molecule has 154 valence electrons. The molecule has 4 aliphatic rings. The Morgan fingerprint density at radius 3 is 2.38 bits per heavy atom. The number of rotatable bonds is 7. The fourth-order valence-electron chi connectivity index (χ4n) is 6.71. The zero-order valence-electron chi connectivity index (χ0n) is 17.3. The quantitative estimate of drug-likeness (QED) is 0.682. The number of hydrogen-bond acceptors (Lipinski definition) is 4. The molecular weight excluding hydrogens is 362 g/mol. The summed E-state index contributed by atoms with van der Waals surface area (Å²) in [7, 11) is 2.00. The van der Waals surface area contributed by atoms with E-state index in [4.69, 9.17) is 4.42 Å². The fraction of sp³-hybridized carbons (Fsp3) is 0.625. The molecular formula is C24H31N3O2. The van der Waals surface area contributed by atoms with Crippen molar-refractivity contribution in [3.05, 3.63) is 36.2 Å². The van der Waals surface area contributed by atoms with E-state index in [-0.39, 0.29) is 5.91 Å². The molecule has 1 amide bonds. The summed E-state index contributed by atoms with van der Waals surface area (Å²) in [6.45, 7) is 0.952. The van der Waals surface area contributed by atoms with Crippen molar-refractivity contribution in [1.82, 2.24) is 15.1 Å². The van der Waals surface area contributed by atoms with Gasteiger partial charge >= 0.3 is 0 Å². The van der Waals surface area contributed by atoms with Gasteiger partial charge < -0.3 is 9.32 Å². The number of nitrogens with zero attached hydrogens (tertiary/aromatic N) is 3. The molecule has 1 aromatic carbocycles. The lowest BCUT2D eigenvalue weighted by Crippen LogP contribution is -2.51. The second kappa shape index (κ2) is 7.58. The predicted octanol–water partition coefficient (Wildman–Crippen LogP) is 4.73. The molecule has 5 nitrogen and oxygen atoms in total. The van der Waals surface area contributed by atoms with Crippen molar-refractivity contribution in [2.75, 3.05) is 13.6 Å². The van der Waals surface area contributed by atoms with Gasteiger partial charge in [0.2, 0.25) is 17.7 Å². The van der Waals surface area contributed by atoms with E-state index in [1.807, 2.05) is 42.3 Å². The third kappa shape index (κ3) is 3.96. The Hall–Kier alpha value is -2.17. The molecule has 4 fully saturated rings. The van der Waals surface area contributed by atoms with Crippen LogP contribution in [0.2, 0.25) is 0 Å². The predicted molar refractivity (Wildman–Crippen MR) is 111 cm³/mol. The van der Waals surface area contributed by atoms with Crippen LogP contribution in [-0.2, 0) is 11.2 Å². The van der Waals surface area contributed by atoms with E-state index >= 15 is 0 Å². The van der Waals surface area contributed by atoms with Gasteiger partial charge in [-0.15, -0.1) is 10.2 Å². The maximum Gasteiger partial charge on any atom is 0.247 e. The zero-order valence-corrected chi connectivity index (χ0v) is 17.3. The molecule has 2 aromatic rings. The van der Waals surface area contributed by atoms with Crippen LogP contribution >= 0.6 is 0 Å². The average Bonchev–Trinajstić information content (AvgIpc) is 3.16. The Morgan fingerprint density at radius 2 is 1.72 bits per heavy atom. The Kier molecular flexibility index (Phi) is 4.92. The normalized spacial score (nSPS) is 29.9. The summed E-state index contributed by atoms with van der Waals surface area (Å²) in [4.78, 5) is 14.8. The van der Waals surface area contributed by atoms with Crippen LogP contribution in [0.5, 0.6) is 0 Å². The monoisotopic (exact) mass is 393 g/mol. The molecule has 0 atom stereocenters. The summed E-state index contributed by atoms with van der Waals surface area (Å²) in [5.41, 5.74) is 1.34. The third-order valence-electron chi connectivity index (χ3n) is 7.43. The number of amides is 1. The first-order chi connectivity index (χ1) is 14.1. The summed E-state index contributed by atoms with van der Waals surface area (Å²) in [5.74, 6) is 4.21. The van der Waals surface area contributed by atoms with Crippen molar-refractivity contribution < 1.29 is 9.21 Å². The largest absolute Gasteiger partial charge is 0.421 e. The van der Waals surface area contributed by atoms with Crippen LogP contribution in [0.15, 0.2) is 34.7 Å². The van der Waals surface area contributed by atoms with E-state index in [0.717, 1.165) is 36.3 Å². The summed E-state index contributed by atoms with van der Waals surface area (Å²) in [6.07, 6.45) is 10.3. The summed E-state index contributed by atoms with van der Waals surface area (Å²) in [6, 6.07) is 9.79. The van der Waals surface area contributed by atoms with Gasteiger partial charge in [0.25, 0.3) is 0 Å². The minimum Gasteiger partial charge on any atom is -0.421 e. The highest BCUT2D eigenvalue weighted by molar-refractivity contribution is 5.75. The highest BCUT2D eigenvalue weighted by Gasteiger charge is 2.51. The zero-order chi connectivity index (χ0) is 19.8. The van der Waals surface area contributed by atoms with Gasteiger partial charge in [0.15, 0.2) is 0 Å². The minimum absolute atomic E-state index is 0.253. The van der Waals surface area contributed by atoms with Gasteiger partial charge in [0.1, 0.15) is 0 Å². The van der Waals surface area contributed by atoms with Crippen molar-refractivity contribution in [2.45, 2.75) is 57.8 Å². The van der Waals surface area contributed by atoms with Crippen LogP contribution in [-0.4, -0.2) is 34.6 Å². The summed E-state index contributed by atoms with van der Waals surface area (Å²) >= 11 is 0. The van der Waals surface area contributed by atoms with Crippen molar-refractivity contribution >= 4 is 5.91 Å². The van der Waals surface area contributed by atoms with Crippen molar-refractivity contribution in [3.63, 3.8) is 0 Å². The molecule has 29 heavy (non-hydrogen) atoms. The molecule has 0 radical (unpaired) electrons. The lowest BCUT2D eigenvalue weighted by Gasteiger charge is -2.57. The molecule has 0 unspecified atom stereocenters. The van der Waals surface area contributed by atoms with Crippen LogP contribution in [0.4, 0.5) is 0 Å². The van der Waals surface area contributed by atoms with Crippen LogP contribution in [0.25, 0.3) is 11.5 Å². The van der Waals surface area contributed by atoms with E-state index in [9.17, 15) is 4.79 Å². The first-order valence-electron chi connectivity index (χ1n) is 11.2. The Balaban J connectivity index is 1.11. The van der Waals surface area contributed by atoms with Gasteiger partial charge in [-0.25, -0.2) is 0 Å². The highest BCUT2D eigenvalue weighted by Crippen LogP contribution is 2.60. The molecule has 0 spiro atoms. The van der Waals surface area contributed by atoms with Crippen molar-refractivity contribution in [1.29, 1.82) is 0 Å². The molecule has 0 saturated heterocycles. The first kappa shape index (κ1) is 18.8. The van der Waals surface area contributed by atoms with Crippen LogP contribution in [0, 0.1) is 23.2 Å². The van der Waals surface area contributed by atoms with Gasteiger partial charge in [-0.1, -0.05) is 18.2 Å². The van der Waals surface area contributed by atoms with Crippen molar-refractivity contribution in [2.24, 2.45) is 23.2 Å². The Bertz CT molecular complexity index is 825. The molecule has 0 N–H and O–H groups in total. The van der Waals surface area contributed by atoms with Crippen molar-refractivity contribution in [3.8, 4) is 11.5 Å². The van der Waals surface area contributed by atoms with E-state index in [1.54, 1.807) is 0 Å². The molecule has 0 aliphatic heterocycles. The summed E-state index contributed by atoms with van der Waals surface area (Å²) < 4.78 is 5.76. The van der Waals surface area contributed by atoms with Gasteiger partial charge in [-0.05, 0) is 80.2 Å². The number of aryl methyl sites for hydroxylation is 1. The number of aromatic nitrogens is 2. The SMILES string of the molecule is CN(CC12CC3CC(CC(C3)C1)C2)C(=O)CCCc1nnc(-c2ccccc2)o1. The highest BCUT2D eigenvalue weighted by atomic mass is 16.4. The molecule has 6 rings (SSSR count). The van der Waals surface area contributed by atoms with Crippen LogP contribution in [0.1, 0.15) is 57.3 Å². The van der Waals surface area contributed by atoms with Gasteiger partial charge in [-0.2, -0.15) is 0 Å². The fourth-order valence-corrected chi connectivity index (χ4v) is 6.71. The number of carbonyl (C=O) groups is 1. The van der Waals surface area contributed by atoms with Gasteiger partial charge in [0.05, 0.1) is 0 Å². The number of hydrogen-bond donors (Lipinski definition) is 0. The molecule has 4 bridgehead atoms. The summed E-state index contributed by atoms with van der Waals surface area (Å²) in [5, 5.41) is 8.27. The van der Waals surface area contributed by atoms with E-state index in [2.05, 4.69) is 10.2 Å². The molecule has 1 aromatic heterocycles. The molecule has 4 aliphatic carbocycles. The topological polar surface area (TPSA) is 59.2 Å². The first-order valence-corrected chi connectivity index (χ1v) is 11.2. The van der Waals surface area contributed by atoms with E-state index < -0.39 is 0 Å². The van der Waals surface area contributed by atoms with E-state index in [0.29, 0.717) is 30.0 Å². The van der Waals surface area contributed by atoms with E-state index in [1.165, 1.54) is 38.5 Å². The lowest BCUT2D eigenvalue weighted by molar-refractivity contribution is -0.135. The Labute approximate surface area is 172 Å². The van der Waals surface area contributed by atoms with Gasteiger partial charge in [0, 0.05) is 32.0 Å². The minimum atomic E-state index is 0.253. The molecule has 5 heteroatoms. The standard InChI is InChI=1S/C24H31N3O2/c1-27(16-24-13-17-10-18(14-24)12-19(11-17)15-24)22(28)9-5-8-21-25-26-23(29-21)20-6-3-2-4-7-20/h2-4,6-7,17-19H,5,8-16H2,1H3. The maximum absolute atomic E-state index is 12.7. The lowest BCUT2D eigenvalue weighted by atomic mass is 9.49. The average molecular weight is 394 g/mol. The second-order valence-electron chi connectivity index (χ2n) is 9.89. The van der Waals surface area contributed by atoms with Crippen LogP contribution < -0.4 is 0 Å². The smallest absolute Gasteiger partial charge is 0.247 e. The number of benzene rings is 1. The molecule has 1 heterocycles. The second-order valence-corrected chi connectivity index (χ2v) is 9.89. The third-order valence-corrected chi connectivity index (χ3v) is 7.43. The maximum atomic E-state index is 12.7.